The number of carbonyl (C=O) groups is 1. The molecule has 2 saturated heterocycles. The lowest BCUT2D eigenvalue weighted by atomic mass is 9.95. The van der Waals surface area contributed by atoms with Gasteiger partial charge in [-0.3, -0.25) is 9.59 Å². The largest absolute Gasteiger partial charge is 0.349 e. The number of aryl methyl sites for hydroxylation is 1. The predicted octanol–water partition coefficient (Wildman–Crippen LogP) is 1.81. The Hall–Kier alpha value is -1.40. The Morgan fingerprint density at radius 3 is 2.29 bits per heavy atom. The number of H-pyrrole nitrogens is 1. The highest BCUT2D eigenvalue weighted by atomic mass is 35.5. The second kappa shape index (κ2) is 6.84. The first-order valence-electron chi connectivity index (χ1n) is 8.42. The zero-order valence-corrected chi connectivity index (χ0v) is 15.5. The van der Waals surface area contributed by atoms with Crippen molar-refractivity contribution in [2.45, 2.75) is 76.9 Å². The van der Waals surface area contributed by atoms with E-state index >= 15 is 0 Å². The van der Waals surface area contributed by atoms with E-state index in [-0.39, 0.29) is 40.9 Å². The van der Waals surface area contributed by atoms with E-state index in [9.17, 15) is 9.59 Å². The summed E-state index contributed by atoms with van der Waals surface area (Å²) in [6.07, 6.45) is 4.23. The van der Waals surface area contributed by atoms with Gasteiger partial charge in [0.05, 0.1) is 5.69 Å². The normalized spacial score (nSPS) is 25.9. The molecule has 2 atom stereocenters. The molecule has 2 aliphatic heterocycles. The van der Waals surface area contributed by atoms with Gasteiger partial charge in [0.1, 0.15) is 11.4 Å². The summed E-state index contributed by atoms with van der Waals surface area (Å²) >= 11 is 0. The van der Waals surface area contributed by atoms with E-state index in [1.54, 1.807) is 6.92 Å². The van der Waals surface area contributed by atoms with Crippen LogP contribution in [-0.2, 0) is 5.41 Å². The molecular weight excluding hydrogens is 328 g/mol. The third-order valence-corrected chi connectivity index (χ3v) is 4.85. The van der Waals surface area contributed by atoms with E-state index in [1.807, 2.05) is 20.8 Å². The minimum atomic E-state index is -0.350. The van der Waals surface area contributed by atoms with Crippen molar-refractivity contribution in [1.29, 1.82) is 0 Å². The van der Waals surface area contributed by atoms with Crippen molar-refractivity contribution >= 4 is 18.3 Å². The van der Waals surface area contributed by atoms with Gasteiger partial charge in [-0.15, -0.1) is 12.4 Å². The van der Waals surface area contributed by atoms with Crippen molar-refractivity contribution in [2.75, 3.05) is 0 Å². The summed E-state index contributed by atoms with van der Waals surface area (Å²) in [6, 6.07) is 1.14. The van der Waals surface area contributed by atoms with Crippen molar-refractivity contribution in [3.05, 3.63) is 27.4 Å². The van der Waals surface area contributed by atoms with Crippen LogP contribution in [0.5, 0.6) is 0 Å². The molecule has 3 heterocycles. The molecule has 1 aromatic heterocycles. The zero-order chi connectivity index (χ0) is 16.8. The molecule has 3 rings (SSSR count). The molecule has 0 aromatic carbocycles. The van der Waals surface area contributed by atoms with Crippen LogP contribution in [0.25, 0.3) is 0 Å². The average molecular weight is 355 g/mol. The predicted molar refractivity (Wildman–Crippen MR) is 96.0 cm³/mol. The Morgan fingerprint density at radius 1 is 1.21 bits per heavy atom. The lowest BCUT2D eigenvalue weighted by molar-refractivity contribution is 0.0921. The number of fused-ring (bicyclic) bond motifs is 2. The van der Waals surface area contributed by atoms with Crippen LogP contribution in [0.4, 0.5) is 0 Å². The third kappa shape index (κ3) is 3.81. The molecule has 2 unspecified atom stereocenters. The molecule has 6 nitrogen and oxygen atoms in total. The maximum absolute atomic E-state index is 12.6. The van der Waals surface area contributed by atoms with Gasteiger partial charge in [-0.05, 0) is 32.6 Å². The number of aromatic amines is 1. The van der Waals surface area contributed by atoms with Gasteiger partial charge in [-0.1, -0.05) is 20.8 Å². The molecule has 0 aliphatic carbocycles. The molecule has 7 heteroatoms. The van der Waals surface area contributed by atoms with Crippen LogP contribution in [-0.4, -0.2) is 34.0 Å². The van der Waals surface area contributed by atoms with Gasteiger partial charge in [0.2, 0.25) is 0 Å². The van der Waals surface area contributed by atoms with Gasteiger partial charge in [0.25, 0.3) is 11.5 Å². The quantitative estimate of drug-likeness (QED) is 0.756. The van der Waals surface area contributed by atoms with Crippen LogP contribution < -0.4 is 16.2 Å². The van der Waals surface area contributed by atoms with Crippen LogP contribution in [0.2, 0.25) is 0 Å². The Morgan fingerprint density at radius 2 is 1.79 bits per heavy atom. The van der Waals surface area contributed by atoms with E-state index < -0.39 is 0 Å². The minimum absolute atomic E-state index is 0. The highest BCUT2D eigenvalue weighted by molar-refractivity contribution is 5.95. The second-order valence-corrected chi connectivity index (χ2v) is 7.90. The Bertz CT molecular complexity index is 668. The number of nitrogens with zero attached hydrogens (tertiary/aromatic N) is 1. The molecule has 24 heavy (non-hydrogen) atoms. The van der Waals surface area contributed by atoms with Crippen molar-refractivity contribution in [1.82, 2.24) is 20.6 Å². The molecule has 134 valence electrons. The molecule has 3 N–H and O–H groups in total. The molecule has 1 aromatic rings. The Balaban J connectivity index is 0.00000208. The SMILES string of the molecule is Cc1nc(C(C)(C)C)[nH]c(=O)c1C(=O)NC1CC2CCC(C1)N2.Cl. The van der Waals surface area contributed by atoms with Gasteiger partial charge in [-0.2, -0.15) is 0 Å². The number of amides is 1. The van der Waals surface area contributed by atoms with Crippen molar-refractivity contribution in [3.8, 4) is 0 Å². The second-order valence-electron chi connectivity index (χ2n) is 7.90. The lowest BCUT2D eigenvalue weighted by Gasteiger charge is -2.29. The minimum Gasteiger partial charge on any atom is -0.349 e. The Labute approximate surface area is 148 Å². The fourth-order valence-corrected chi connectivity index (χ4v) is 3.64. The van der Waals surface area contributed by atoms with Gasteiger partial charge in [0.15, 0.2) is 0 Å². The van der Waals surface area contributed by atoms with Crippen LogP contribution in [0.15, 0.2) is 4.79 Å². The summed E-state index contributed by atoms with van der Waals surface area (Å²) in [5.74, 6) is 0.305. The summed E-state index contributed by atoms with van der Waals surface area (Å²) in [7, 11) is 0. The smallest absolute Gasteiger partial charge is 0.264 e. The summed E-state index contributed by atoms with van der Waals surface area (Å²) in [5.41, 5.74) is 0.0291. The van der Waals surface area contributed by atoms with Gasteiger partial charge >= 0.3 is 0 Å². The van der Waals surface area contributed by atoms with Crippen LogP contribution in [0.1, 0.15) is 68.3 Å². The Kier molecular flexibility index (Phi) is 5.40. The molecule has 2 fully saturated rings. The first-order valence-corrected chi connectivity index (χ1v) is 8.42. The molecular formula is C17H27ClN4O2. The summed E-state index contributed by atoms with van der Waals surface area (Å²) < 4.78 is 0. The summed E-state index contributed by atoms with van der Waals surface area (Å²) in [6.45, 7) is 7.67. The van der Waals surface area contributed by atoms with Crippen molar-refractivity contribution < 1.29 is 4.79 Å². The fourth-order valence-electron chi connectivity index (χ4n) is 3.64. The maximum Gasteiger partial charge on any atom is 0.264 e. The highest BCUT2D eigenvalue weighted by Crippen LogP contribution is 2.27. The number of hydrogen-bond donors (Lipinski definition) is 3. The van der Waals surface area contributed by atoms with Crippen LogP contribution >= 0.6 is 12.4 Å². The van der Waals surface area contributed by atoms with E-state index in [4.69, 9.17) is 0 Å². The number of piperidine rings is 1. The van der Waals surface area contributed by atoms with E-state index in [0.29, 0.717) is 23.6 Å². The average Bonchev–Trinajstić information content (AvgIpc) is 2.76. The lowest BCUT2D eigenvalue weighted by Crippen LogP contribution is -2.49. The van der Waals surface area contributed by atoms with Crippen molar-refractivity contribution in [2.24, 2.45) is 0 Å². The van der Waals surface area contributed by atoms with Crippen molar-refractivity contribution in [3.63, 3.8) is 0 Å². The topological polar surface area (TPSA) is 86.9 Å². The number of rotatable bonds is 2. The van der Waals surface area contributed by atoms with Gasteiger partial charge < -0.3 is 15.6 Å². The number of aromatic nitrogens is 2. The maximum atomic E-state index is 12.6. The van der Waals surface area contributed by atoms with Gasteiger partial charge in [-0.25, -0.2) is 4.98 Å². The molecule has 1 amide bonds. The zero-order valence-electron chi connectivity index (χ0n) is 14.7. The first-order chi connectivity index (χ1) is 10.7. The van der Waals surface area contributed by atoms with E-state index in [2.05, 4.69) is 20.6 Å². The van der Waals surface area contributed by atoms with Crippen LogP contribution in [0, 0.1) is 6.92 Å². The van der Waals surface area contributed by atoms with Gasteiger partial charge in [0, 0.05) is 23.5 Å². The molecule has 0 spiro atoms. The number of carbonyl (C=O) groups excluding carboxylic acids is 1. The number of halogens is 1. The number of hydrogen-bond acceptors (Lipinski definition) is 4. The van der Waals surface area contributed by atoms with Crippen LogP contribution in [0.3, 0.4) is 0 Å². The molecule has 2 bridgehead atoms. The molecule has 2 aliphatic rings. The highest BCUT2D eigenvalue weighted by Gasteiger charge is 2.34. The molecule has 0 saturated carbocycles. The first kappa shape index (κ1) is 18.9. The van der Waals surface area contributed by atoms with E-state index in [1.165, 1.54) is 12.8 Å². The van der Waals surface area contributed by atoms with E-state index in [0.717, 1.165) is 12.8 Å². The summed E-state index contributed by atoms with van der Waals surface area (Å²) in [4.78, 5) is 32.1. The standard InChI is InChI=1S/C17H26N4O2.ClH/c1-9-13(15(23)21-16(18-9)17(2,3)4)14(22)20-12-7-10-5-6-11(8-12)19-10;/h10-12,19H,5-8H2,1-4H3,(H,20,22)(H,18,21,23);1H. The molecule has 0 radical (unpaired) electrons. The monoisotopic (exact) mass is 354 g/mol. The number of nitrogens with one attached hydrogen (secondary N) is 3. The third-order valence-electron chi connectivity index (χ3n) is 4.85. The fraction of sp³-hybridized carbons (Fsp3) is 0.706. The summed E-state index contributed by atoms with van der Waals surface area (Å²) in [5, 5.41) is 6.59.